The monoisotopic (exact) mass is 546 g/mol. The van der Waals surface area contributed by atoms with Crippen LogP contribution in [0.2, 0.25) is 5.15 Å². The second-order valence-electron chi connectivity index (χ2n) is 9.63. The molecule has 0 aliphatic rings. The smallest absolute Gasteiger partial charge is 0.259 e. The molecule has 0 spiro atoms. The molecule has 0 atom stereocenters. The van der Waals surface area contributed by atoms with Crippen molar-refractivity contribution in [2.24, 2.45) is 0 Å². The summed E-state index contributed by atoms with van der Waals surface area (Å²) in [5.74, 6) is 2.45. The highest BCUT2D eigenvalue weighted by molar-refractivity contribution is 6.30. The van der Waals surface area contributed by atoms with Crippen LogP contribution in [0, 0.1) is 6.92 Å². The number of hydrogen-bond acceptors (Lipinski definition) is 8. The van der Waals surface area contributed by atoms with E-state index in [1.807, 2.05) is 58.9 Å². The van der Waals surface area contributed by atoms with Gasteiger partial charge in [0.1, 0.15) is 28.4 Å². The van der Waals surface area contributed by atoms with Crippen molar-refractivity contribution in [3.05, 3.63) is 86.4 Å². The Bertz CT molecular complexity index is 1730. The van der Waals surface area contributed by atoms with E-state index in [9.17, 15) is 9.59 Å². The molecule has 0 aromatic carbocycles. The van der Waals surface area contributed by atoms with E-state index in [2.05, 4.69) is 40.9 Å². The second-order valence-corrected chi connectivity index (χ2v) is 10.0. The van der Waals surface area contributed by atoms with Gasteiger partial charge < -0.3 is 25.9 Å². The van der Waals surface area contributed by atoms with E-state index in [-0.39, 0.29) is 23.2 Å². The van der Waals surface area contributed by atoms with E-state index in [0.29, 0.717) is 33.4 Å². The normalized spacial score (nSPS) is 11.0. The Morgan fingerprint density at radius 3 is 1.90 bits per heavy atom. The number of nitrogens with one attached hydrogen (secondary N) is 5. The first kappa shape index (κ1) is 27.6. The number of pyridine rings is 5. The van der Waals surface area contributed by atoms with Crippen LogP contribution < -0.4 is 27.1 Å². The van der Waals surface area contributed by atoms with Crippen LogP contribution in [0.3, 0.4) is 0 Å². The van der Waals surface area contributed by atoms with Gasteiger partial charge in [-0.05, 0) is 87.4 Å². The fraction of sp³-hybridized carbons (Fsp3) is 0.250. The zero-order valence-corrected chi connectivity index (χ0v) is 23.1. The lowest BCUT2D eigenvalue weighted by molar-refractivity contribution is 0.891. The second kappa shape index (κ2) is 12.0. The molecule has 10 nitrogen and oxygen atoms in total. The molecule has 0 unspecified atom stereocenters. The van der Waals surface area contributed by atoms with E-state index in [0.717, 1.165) is 22.2 Å². The van der Waals surface area contributed by atoms with Gasteiger partial charge in [-0.3, -0.25) is 9.59 Å². The van der Waals surface area contributed by atoms with Crippen molar-refractivity contribution in [3.63, 3.8) is 0 Å². The topological polar surface area (TPSA) is 140 Å². The van der Waals surface area contributed by atoms with Crippen molar-refractivity contribution in [1.82, 2.24) is 24.9 Å². The Morgan fingerprint density at radius 1 is 0.769 bits per heavy atom. The quantitative estimate of drug-likeness (QED) is 0.174. The molecule has 5 heterocycles. The molecule has 0 aliphatic carbocycles. The minimum atomic E-state index is -0.162. The van der Waals surface area contributed by atoms with Gasteiger partial charge in [0.25, 0.3) is 11.1 Å². The van der Waals surface area contributed by atoms with E-state index in [1.165, 1.54) is 0 Å². The van der Waals surface area contributed by atoms with E-state index < -0.39 is 0 Å². The summed E-state index contributed by atoms with van der Waals surface area (Å²) in [6, 6.07) is 11.4. The standard InChI is InChI=1S/C17H19N5O.C11H12ClN3O/c1-10(2)20-16-15-12(5-7-19-17(15)23)9-14(22-16)21-13-8-11(3)4-6-18-13;1-6(2)14-10-9-7(5-8(12)15-10)3-4-13-11(9)16/h4-10H,1-3H3,(H,19,23)(H2,18,20,21,22);3-6H,1-2H3,(H,13,16)(H,14,15). The van der Waals surface area contributed by atoms with Gasteiger partial charge in [0.05, 0.1) is 10.8 Å². The van der Waals surface area contributed by atoms with Crippen molar-refractivity contribution in [1.29, 1.82) is 0 Å². The Morgan fingerprint density at radius 2 is 1.33 bits per heavy atom. The fourth-order valence-electron chi connectivity index (χ4n) is 3.95. The number of rotatable bonds is 6. The first-order valence-electron chi connectivity index (χ1n) is 12.5. The van der Waals surface area contributed by atoms with Gasteiger partial charge in [-0.15, -0.1) is 0 Å². The number of nitrogens with zero attached hydrogens (tertiary/aromatic N) is 3. The molecule has 39 heavy (non-hydrogen) atoms. The Hall–Kier alpha value is -4.44. The maximum absolute atomic E-state index is 12.1. The van der Waals surface area contributed by atoms with Crippen LogP contribution in [0.4, 0.5) is 23.3 Å². The van der Waals surface area contributed by atoms with Crippen LogP contribution in [-0.2, 0) is 0 Å². The summed E-state index contributed by atoms with van der Waals surface area (Å²) >= 11 is 5.90. The summed E-state index contributed by atoms with van der Waals surface area (Å²) in [6.45, 7) is 9.97. The number of aromatic nitrogens is 5. The van der Waals surface area contributed by atoms with Gasteiger partial charge >= 0.3 is 0 Å². The summed E-state index contributed by atoms with van der Waals surface area (Å²) < 4.78 is 0. The number of anilines is 4. The Labute approximate surface area is 230 Å². The van der Waals surface area contributed by atoms with Gasteiger partial charge in [-0.2, -0.15) is 0 Å². The Balaban J connectivity index is 0.000000193. The molecule has 0 amide bonds. The maximum atomic E-state index is 12.1. The number of hydrogen-bond donors (Lipinski definition) is 5. The summed E-state index contributed by atoms with van der Waals surface area (Å²) in [6.07, 6.45) is 4.98. The average Bonchev–Trinajstić information content (AvgIpc) is 2.83. The lowest BCUT2D eigenvalue weighted by Gasteiger charge is -2.14. The number of aryl methyl sites for hydroxylation is 1. The zero-order chi connectivity index (χ0) is 28.1. The van der Waals surface area contributed by atoms with Gasteiger partial charge in [0, 0.05) is 30.7 Å². The van der Waals surface area contributed by atoms with Crippen molar-refractivity contribution in [3.8, 4) is 0 Å². The van der Waals surface area contributed by atoms with Crippen LogP contribution in [0.25, 0.3) is 21.5 Å². The van der Waals surface area contributed by atoms with E-state index >= 15 is 0 Å². The average molecular weight is 547 g/mol. The highest BCUT2D eigenvalue weighted by Crippen LogP contribution is 2.24. The predicted molar refractivity (Wildman–Crippen MR) is 160 cm³/mol. The molecule has 11 heteroatoms. The summed E-state index contributed by atoms with van der Waals surface area (Å²) in [5, 5.41) is 12.6. The van der Waals surface area contributed by atoms with Gasteiger partial charge in [0.2, 0.25) is 0 Å². The van der Waals surface area contributed by atoms with Crippen LogP contribution in [0.15, 0.2) is 64.6 Å². The lowest BCUT2D eigenvalue weighted by atomic mass is 10.2. The van der Waals surface area contributed by atoms with Gasteiger partial charge in [-0.1, -0.05) is 11.6 Å². The van der Waals surface area contributed by atoms with E-state index in [1.54, 1.807) is 30.7 Å². The third kappa shape index (κ3) is 6.91. The maximum Gasteiger partial charge on any atom is 0.259 e. The SMILES string of the molecule is CC(C)Nc1nc(Cl)cc2cc[nH]c(=O)c12.Cc1ccnc(Nc2cc3cc[nH]c(=O)c3c(NC(C)C)n2)c1. The van der Waals surface area contributed by atoms with Crippen LogP contribution in [0.5, 0.6) is 0 Å². The number of fused-ring (bicyclic) bond motifs is 2. The summed E-state index contributed by atoms with van der Waals surface area (Å²) in [4.78, 5) is 42.1. The van der Waals surface area contributed by atoms with Crippen LogP contribution in [-0.4, -0.2) is 37.0 Å². The first-order valence-corrected chi connectivity index (χ1v) is 12.9. The lowest BCUT2D eigenvalue weighted by Crippen LogP contribution is -2.16. The molecule has 5 aromatic heterocycles. The number of H-pyrrole nitrogens is 2. The molecule has 0 saturated carbocycles. The first-order chi connectivity index (χ1) is 18.6. The molecule has 5 rings (SSSR count). The molecular weight excluding hydrogens is 516 g/mol. The van der Waals surface area contributed by atoms with Crippen LogP contribution in [0.1, 0.15) is 33.3 Å². The molecular formula is C28H31ClN8O2. The summed E-state index contributed by atoms with van der Waals surface area (Å²) in [7, 11) is 0. The molecule has 5 N–H and O–H groups in total. The highest BCUT2D eigenvalue weighted by atomic mass is 35.5. The Kier molecular flexibility index (Phi) is 8.46. The molecule has 0 fully saturated rings. The molecule has 5 aromatic rings. The van der Waals surface area contributed by atoms with Crippen molar-refractivity contribution in [2.45, 2.75) is 46.7 Å². The highest BCUT2D eigenvalue weighted by Gasteiger charge is 2.11. The molecule has 0 aliphatic heterocycles. The minimum Gasteiger partial charge on any atom is -0.367 e. The zero-order valence-electron chi connectivity index (χ0n) is 22.4. The predicted octanol–water partition coefficient (Wildman–Crippen LogP) is 5.59. The summed E-state index contributed by atoms with van der Waals surface area (Å²) in [5.41, 5.74) is 0.795. The van der Waals surface area contributed by atoms with Gasteiger partial charge in [0.15, 0.2) is 0 Å². The van der Waals surface area contributed by atoms with Crippen molar-refractivity contribution < 1.29 is 0 Å². The molecule has 0 saturated heterocycles. The third-order valence-electron chi connectivity index (χ3n) is 5.50. The number of halogens is 1. The molecule has 0 radical (unpaired) electrons. The van der Waals surface area contributed by atoms with Crippen LogP contribution >= 0.6 is 11.6 Å². The van der Waals surface area contributed by atoms with Crippen molar-refractivity contribution >= 4 is 56.4 Å². The largest absolute Gasteiger partial charge is 0.367 e. The minimum absolute atomic E-state index is 0.154. The van der Waals surface area contributed by atoms with E-state index in [4.69, 9.17) is 11.6 Å². The fourth-order valence-corrected chi connectivity index (χ4v) is 4.15. The van der Waals surface area contributed by atoms with Crippen molar-refractivity contribution in [2.75, 3.05) is 16.0 Å². The molecule has 0 bridgehead atoms. The third-order valence-corrected chi connectivity index (χ3v) is 5.69. The number of aromatic amines is 2. The molecule has 202 valence electrons. The van der Waals surface area contributed by atoms with Gasteiger partial charge in [-0.25, -0.2) is 15.0 Å².